The Bertz CT molecular complexity index is 182. The molecule has 2 heteroatoms. The van der Waals surface area contributed by atoms with Crippen LogP contribution >= 0.6 is 0 Å². The van der Waals surface area contributed by atoms with Crippen LogP contribution in [-0.2, 0) is 0 Å². The second-order valence-corrected chi connectivity index (χ2v) is 5.67. The molecule has 0 aliphatic carbocycles. The largest absolute Gasteiger partial charge is 0.315 e. The van der Waals surface area contributed by atoms with Gasteiger partial charge in [0.15, 0.2) is 0 Å². The molecule has 1 aliphatic rings. The summed E-state index contributed by atoms with van der Waals surface area (Å²) in [7, 11) is 0. The standard InChI is InChI=1S/C15H32N2/c1-4-15-10-8-12-17(13-15)11-7-6-9-14(3)16-5-2/h14-16H,4-13H2,1-3H3. The molecule has 1 fully saturated rings. The minimum Gasteiger partial charge on any atom is -0.315 e. The molecule has 2 unspecified atom stereocenters. The van der Waals surface area contributed by atoms with Gasteiger partial charge in [-0.1, -0.05) is 26.7 Å². The molecule has 0 amide bonds. The highest BCUT2D eigenvalue weighted by Crippen LogP contribution is 2.19. The second kappa shape index (κ2) is 8.93. The maximum absolute atomic E-state index is 3.49. The number of hydrogen-bond acceptors (Lipinski definition) is 2. The Balaban J connectivity index is 2.02. The first kappa shape index (κ1) is 15.0. The fourth-order valence-corrected chi connectivity index (χ4v) is 2.92. The van der Waals surface area contributed by atoms with Crippen LogP contribution in [0.4, 0.5) is 0 Å². The molecule has 2 atom stereocenters. The van der Waals surface area contributed by atoms with Gasteiger partial charge in [-0.2, -0.15) is 0 Å². The lowest BCUT2D eigenvalue weighted by atomic mass is 9.95. The van der Waals surface area contributed by atoms with Crippen molar-refractivity contribution in [3.05, 3.63) is 0 Å². The van der Waals surface area contributed by atoms with Crippen LogP contribution in [0, 0.1) is 5.92 Å². The van der Waals surface area contributed by atoms with Crippen molar-refractivity contribution in [1.29, 1.82) is 0 Å². The highest BCUT2D eigenvalue weighted by Gasteiger charge is 2.17. The predicted octanol–water partition coefficient (Wildman–Crippen LogP) is 3.28. The first-order valence-electron chi connectivity index (χ1n) is 7.72. The van der Waals surface area contributed by atoms with Crippen molar-refractivity contribution >= 4 is 0 Å². The summed E-state index contributed by atoms with van der Waals surface area (Å²) in [4.78, 5) is 2.69. The van der Waals surface area contributed by atoms with Crippen LogP contribution in [0.2, 0.25) is 0 Å². The summed E-state index contributed by atoms with van der Waals surface area (Å²) in [6, 6.07) is 0.699. The molecule has 1 heterocycles. The summed E-state index contributed by atoms with van der Waals surface area (Å²) in [6.07, 6.45) is 8.34. The molecule has 0 bridgehead atoms. The van der Waals surface area contributed by atoms with E-state index in [-0.39, 0.29) is 0 Å². The van der Waals surface area contributed by atoms with Crippen LogP contribution in [0.25, 0.3) is 0 Å². The Morgan fingerprint density at radius 3 is 2.82 bits per heavy atom. The average molecular weight is 240 g/mol. The van der Waals surface area contributed by atoms with Gasteiger partial charge in [-0.3, -0.25) is 0 Å². The minimum absolute atomic E-state index is 0.699. The average Bonchev–Trinajstić information content (AvgIpc) is 2.35. The number of nitrogens with one attached hydrogen (secondary N) is 1. The molecule has 1 N–H and O–H groups in total. The van der Waals surface area contributed by atoms with Gasteiger partial charge in [0, 0.05) is 12.6 Å². The fourth-order valence-electron chi connectivity index (χ4n) is 2.92. The van der Waals surface area contributed by atoms with Crippen LogP contribution in [0.1, 0.15) is 59.3 Å². The number of piperidine rings is 1. The maximum Gasteiger partial charge on any atom is 0.00386 e. The Morgan fingerprint density at radius 2 is 2.12 bits per heavy atom. The molecule has 0 aromatic heterocycles. The number of unbranched alkanes of at least 4 members (excludes halogenated alkanes) is 1. The number of rotatable bonds is 8. The van der Waals surface area contributed by atoms with E-state index in [0.717, 1.165) is 12.5 Å². The first-order chi connectivity index (χ1) is 8.26. The zero-order valence-corrected chi connectivity index (χ0v) is 12.2. The van der Waals surface area contributed by atoms with E-state index in [9.17, 15) is 0 Å². The zero-order valence-electron chi connectivity index (χ0n) is 12.2. The van der Waals surface area contributed by atoms with Crippen molar-refractivity contribution in [3.8, 4) is 0 Å². The summed E-state index contributed by atoms with van der Waals surface area (Å²) in [5, 5.41) is 3.49. The lowest BCUT2D eigenvalue weighted by Gasteiger charge is -2.32. The number of nitrogens with zero attached hydrogens (tertiary/aromatic N) is 1. The van der Waals surface area contributed by atoms with E-state index >= 15 is 0 Å². The van der Waals surface area contributed by atoms with Gasteiger partial charge in [-0.05, 0) is 58.2 Å². The topological polar surface area (TPSA) is 15.3 Å². The van der Waals surface area contributed by atoms with Gasteiger partial charge in [0.05, 0.1) is 0 Å². The van der Waals surface area contributed by atoms with Gasteiger partial charge < -0.3 is 10.2 Å². The SMILES string of the molecule is CCNC(C)CCCCN1CCCC(CC)C1. The molecule has 102 valence electrons. The van der Waals surface area contributed by atoms with Crippen LogP contribution in [-0.4, -0.2) is 37.1 Å². The molecule has 0 aromatic carbocycles. The Morgan fingerprint density at radius 1 is 1.29 bits per heavy atom. The number of hydrogen-bond donors (Lipinski definition) is 1. The summed E-state index contributed by atoms with van der Waals surface area (Å²) in [5.41, 5.74) is 0. The van der Waals surface area contributed by atoms with Crippen LogP contribution in [0.15, 0.2) is 0 Å². The molecule has 1 aliphatic heterocycles. The van der Waals surface area contributed by atoms with Gasteiger partial charge in [-0.25, -0.2) is 0 Å². The Kier molecular flexibility index (Phi) is 7.87. The van der Waals surface area contributed by atoms with Gasteiger partial charge in [0.25, 0.3) is 0 Å². The summed E-state index contributed by atoms with van der Waals surface area (Å²) < 4.78 is 0. The van der Waals surface area contributed by atoms with E-state index in [1.165, 1.54) is 58.2 Å². The highest BCUT2D eigenvalue weighted by atomic mass is 15.1. The molecule has 1 saturated heterocycles. The molecule has 0 spiro atoms. The van der Waals surface area contributed by atoms with Crippen LogP contribution in [0.3, 0.4) is 0 Å². The fraction of sp³-hybridized carbons (Fsp3) is 1.00. The second-order valence-electron chi connectivity index (χ2n) is 5.67. The van der Waals surface area contributed by atoms with Gasteiger partial charge in [-0.15, -0.1) is 0 Å². The third-order valence-electron chi connectivity index (χ3n) is 4.09. The van der Waals surface area contributed by atoms with E-state index in [2.05, 4.69) is 31.0 Å². The van der Waals surface area contributed by atoms with Gasteiger partial charge in [0.2, 0.25) is 0 Å². The smallest absolute Gasteiger partial charge is 0.00386 e. The predicted molar refractivity (Wildman–Crippen MR) is 76.4 cm³/mol. The summed E-state index contributed by atoms with van der Waals surface area (Å²) >= 11 is 0. The monoisotopic (exact) mass is 240 g/mol. The molecule has 2 nitrogen and oxygen atoms in total. The zero-order chi connectivity index (χ0) is 12.5. The summed E-state index contributed by atoms with van der Waals surface area (Å²) in [5.74, 6) is 0.976. The number of likely N-dealkylation sites (tertiary alicyclic amines) is 1. The van der Waals surface area contributed by atoms with E-state index in [0.29, 0.717) is 6.04 Å². The van der Waals surface area contributed by atoms with Crippen molar-refractivity contribution in [3.63, 3.8) is 0 Å². The van der Waals surface area contributed by atoms with E-state index in [1.54, 1.807) is 0 Å². The van der Waals surface area contributed by atoms with Gasteiger partial charge in [0.1, 0.15) is 0 Å². The van der Waals surface area contributed by atoms with Crippen molar-refractivity contribution in [2.24, 2.45) is 5.92 Å². The molecule has 0 aromatic rings. The minimum atomic E-state index is 0.699. The van der Waals surface area contributed by atoms with Crippen LogP contribution < -0.4 is 5.32 Å². The maximum atomic E-state index is 3.49. The quantitative estimate of drug-likeness (QED) is 0.655. The third-order valence-corrected chi connectivity index (χ3v) is 4.09. The lowest BCUT2D eigenvalue weighted by Crippen LogP contribution is -2.36. The molecular weight excluding hydrogens is 208 g/mol. The van der Waals surface area contributed by atoms with Crippen molar-refractivity contribution < 1.29 is 0 Å². The summed E-state index contributed by atoms with van der Waals surface area (Å²) in [6.45, 7) is 12.0. The molecule has 0 radical (unpaired) electrons. The van der Waals surface area contributed by atoms with E-state index in [4.69, 9.17) is 0 Å². The van der Waals surface area contributed by atoms with Crippen LogP contribution in [0.5, 0.6) is 0 Å². The van der Waals surface area contributed by atoms with Crippen molar-refractivity contribution in [2.45, 2.75) is 65.3 Å². The molecule has 17 heavy (non-hydrogen) atoms. The van der Waals surface area contributed by atoms with E-state index in [1.807, 2.05) is 0 Å². The Hall–Kier alpha value is -0.0800. The van der Waals surface area contributed by atoms with Crippen molar-refractivity contribution in [1.82, 2.24) is 10.2 Å². The molecule has 0 saturated carbocycles. The lowest BCUT2D eigenvalue weighted by molar-refractivity contribution is 0.168. The van der Waals surface area contributed by atoms with E-state index < -0.39 is 0 Å². The third kappa shape index (κ3) is 6.42. The van der Waals surface area contributed by atoms with Crippen molar-refractivity contribution in [2.75, 3.05) is 26.2 Å². The first-order valence-corrected chi connectivity index (χ1v) is 7.72. The molecular formula is C15H32N2. The van der Waals surface area contributed by atoms with Gasteiger partial charge >= 0.3 is 0 Å². The molecule has 1 rings (SSSR count). The Labute approximate surface area is 108 Å². The normalized spacial score (nSPS) is 23.8. The highest BCUT2D eigenvalue weighted by molar-refractivity contribution is 4.72.